The largest absolute Gasteiger partial charge is 0.491 e. The average Bonchev–Trinajstić information content (AvgIpc) is 2.69. The Kier molecular flexibility index (Phi) is 5.78. The molecule has 2 heterocycles. The van der Waals surface area contributed by atoms with Crippen LogP contribution in [0, 0.1) is 5.82 Å². The van der Waals surface area contributed by atoms with Crippen LogP contribution in [0.15, 0.2) is 66.1 Å². The third kappa shape index (κ3) is 4.66. The van der Waals surface area contributed by atoms with Gasteiger partial charge in [-0.05, 0) is 42.8 Å². The maximum Gasteiger partial charge on any atom is 0.240 e. The molecule has 6 nitrogen and oxygen atoms in total. The molecule has 0 saturated heterocycles. The third-order valence-electron chi connectivity index (χ3n) is 3.77. The Labute approximate surface area is 157 Å². The number of nitrogens with one attached hydrogen (secondary N) is 1. The number of nitrogens with zero attached hydrogens (tertiary/aromatic N) is 2. The van der Waals surface area contributed by atoms with Gasteiger partial charge in [0.15, 0.2) is 11.6 Å². The lowest BCUT2D eigenvalue weighted by Crippen LogP contribution is -2.23. The predicted octanol–water partition coefficient (Wildman–Crippen LogP) is 3.16. The van der Waals surface area contributed by atoms with E-state index < -0.39 is 15.8 Å². The molecular formula is C19H18FN3O3S. The Morgan fingerprint density at radius 3 is 2.59 bits per heavy atom. The van der Waals surface area contributed by atoms with Crippen LogP contribution in [0.4, 0.5) is 4.39 Å². The number of benzene rings is 1. The van der Waals surface area contributed by atoms with Gasteiger partial charge in [0, 0.05) is 42.5 Å². The Morgan fingerprint density at radius 1 is 1.07 bits per heavy atom. The molecule has 3 aromatic rings. The van der Waals surface area contributed by atoms with Crippen molar-refractivity contribution in [3.8, 4) is 16.9 Å². The molecule has 0 spiro atoms. The minimum absolute atomic E-state index is 0.0184. The van der Waals surface area contributed by atoms with Crippen LogP contribution in [-0.4, -0.2) is 25.0 Å². The summed E-state index contributed by atoms with van der Waals surface area (Å²) in [5.41, 5.74) is 2.38. The summed E-state index contributed by atoms with van der Waals surface area (Å²) in [6, 6.07) is 9.08. The van der Waals surface area contributed by atoms with Gasteiger partial charge in [-0.15, -0.1) is 0 Å². The summed E-state index contributed by atoms with van der Waals surface area (Å²) in [4.78, 5) is 8.03. The van der Waals surface area contributed by atoms with E-state index in [2.05, 4.69) is 14.7 Å². The summed E-state index contributed by atoms with van der Waals surface area (Å²) in [7, 11) is -3.88. The monoisotopic (exact) mass is 387 g/mol. The van der Waals surface area contributed by atoms with Crippen LogP contribution in [0.5, 0.6) is 5.75 Å². The van der Waals surface area contributed by atoms with Crippen molar-refractivity contribution in [1.29, 1.82) is 0 Å². The molecule has 0 aliphatic heterocycles. The molecule has 3 rings (SSSR count). The lowest BCUT2D eigenvalue weighted by atomic mass is 10.1. The summed E-state index contributed by atoms with van der Waals surface area (Å²) in [5.74, 6) is -0.704. The van der Waals surface area contributed by atoms with E-state index in [1.165, 1.54) is 12.1 Å². The van der Waals surface area contributed by atoms with Gasteiger partial charge < -0.3 is 4.74 Å². The van der Waals surface area contributed by atoms with Crippen molar-refractivity contribution in [2.45, 2.75) is 18.4 Å². The lowest BCUT2D eigenvalue weighted by Gasteiger charge is -2.10. The molecule has 0 atom stereocenters. The summed E-state index contributed by atoms with van der Waals surface area (Å²) in [5, 5.41) is 0. The van der Waals surface area contributed by atoms with Crippen LogP contribution in [0.3, 0.4) is 0 Å². The van der Waals surface area contributed by atoms with Crippen molar-refractivity contribution in [2.75, 3.05) is 6.61 Å². The number of halogens is 1. The first-order valence-corrected chi connectivity index (χ1v) is 9.74. The molecule has 0 bridgehead atoms. The lowest BCUT2D eigenvalue weighted by molar-refractivity contribution is 0.321. The fraction of sp³-hybridized carbons (Fsp3) is 0.158. The molecule has 140 valence electrons. The Hall–Kier alpha value is -2.84. The van der Waals surface area contributed by atoms with Crippen molar-refractivity contribution in [3.05, 3.63) is 72.6 Å². The SMILES string of the molecule is CCOc1ccc(S(=O)(=O)NCc2cncc(-c3cccnc3)c2)cc1F. The van der Waals surface area contributed by atoms with Gasteiger partial charge in [-0.3, -0.25) is 9.97 Å². The third-order valence-corrected chi connectivity index (χ3v) is 5.17. The maximum absolute atomic E-state index is 13.9. The second-order valence-electron chi connectivity index (χ2n) is 5.67. The smallest absolute Gasteiger partial charge is 0.240 e. The van der Waals surface area contributed by atoms with E-state index >= 15 is 0 Å². The number of aromatic nitrogens is 2. The standard InChI is InChI=1S/C19H18FN3O3S/c1-2-26-19-6-5-17(9-18(19)20)27(24,25)23-11-14-8-16(13-22-10-14)15-4-3-7-21-12-15/h3-10,12-13,23H,2,11H2,1H3. The van der Waals surface area contributed by atoms with Crippen LogP contribution in [-0.2, 0) is 16.6 Å². The van der Waals surface area contributed by atoms with Gasteiger partial charge in [0.1, 0.15) is 0 Å². The number of ether oxygens (including phenoxy) is 1. The quantitative estimate of drug-likeness (QED) is 0.673. The number of pyridine rings is 2. The van der Waals surface area contributed by atoms with Crippen molar-refractivity contribution in [2.24, 2.45) is 0 Å². The summed E-state index contributed by atoms with van der Waals surface area (Å²) >= 11 is 0. The van der Waals surface area contributed by atoms with E-state index in [0.717, 1.165) is 17.2 Å². The molecule has 0 amide bonds. The number of rotatable bonds is 7. The number of sulfonamides is 1. The van der Waals surface area contributed by atoms with Crippen molar-refractivity contribution in [1.82, 2.24) is 14.7 Å². The number of hydrogen-bond donors (Lipinski definition) is 1. The van der Waals surface area contributed by atoms with Crippen LogP contribution < -0.4 is 9.46 Å². The molecule has 0 saturated carbocycles. The molecule has 27 heavy (non-hydrogen) atoms. The highest BCUT2D eigenvalue weighted by molar-refractivity contribution is 7.89. The van der Waals surface area contributed by atoms with Gasteiger partial charge >= 0.3 is 0 Å². The van der Waals surface area contributed by atoms with E-state index in [1.54, 1.807) is 31.7 Å². The van der Waals surface area contributed by atoms with Gasteiger partial charge in [0.05, 0.1) is 11.5 Å². The maximum atomic E-state index is 13.9. The van der Waals surface area contributed by atoms with E-state index in [1.807, 2.05) is 18.2 Å². The second-order valence-corrected chi connectivity index (χ2v) is 7.44. The highest BCUT2D eigenvalue weighted by Crippen LogP contribution is 2.22. The molecule has 0 fully saturated rings. The Balaban J connectivity index is 1.75. The van der Waals surface area contributed by atoms with E-state index in [0.29, 0.717) is 12.2 Å². The molecule has 0 aliphatic carbocycles. The average molecular weight is 387 g/mol. The Bertz CT molecular complexity index is 1030. The highest BCUT2D eigenvalue weighted by Gasteiger charge is 2.17. The van der Waals surface area contributed by atoms with E-state index in [9.17, 15) is 12.8 Å². The predicted molar refractivity (Wildman–Crippen MR) is 99.1 cm³/mol. The van der Waals surface area contributed by atoms with Crippen LogP contribution >= 0.6 is 0 Å². The number of hydrogen-bond acceptors (Lipinski definition) is 5. The van der Waals surface area contributed by atoms with E-state index in [-0.39, 0.29) is 17.2 Å². The topological polar surface area (TPSA) is 81.2 Å². The fourth-order valence-corrected chi connectivity index (χ4v) is 3.49. The zero-order valence-electron chi connectivity index (χ0n) is 14.6. The first kappa shape index (κ1) is 18.9. The molecule has 1 N–H and O–H groups in total. The summed E-state index contributed by atoms with van der Waals surface area (Å²) in [6.45, 7) is 2.04. The van der Waals surface area contributed by atoms with E-state index in [4.69, 9.17) is 4.74 Å². The van der Waals surface area contributed by atoms with Gasteiger partial charge in [-0.25, -0.2) is 17.5 Å². The molecule has 0 radical (unpaired) electrons. The highest BCUT2D eigenvalue weighted by atomic mass is 32.2. The normalized spacial score (nSPS) is 11.3. The van der Waals surface area contributed by atoms with Crippen molar-refractivity contribution >= 4 is 10.0 Å². The fourth-order valence-electron chi connectivity index (χ4n) is 2.46. The van der Waals surface area contributed by atoms with Gasteiger partial charge in [0.2, 0.25) is 10.0 Å². The molecular weight excluding hydrogens is 369 g/mol. The van der Waals surface area contributed by atoms with Gasteiger partial charge in [-0.2, -0.15) is 0 Å². The molecule has 0 aliphatic rings. The summed E-state index contributed by atoms with van der Waals surface area (Å²) < 4.78 is 46.3. The Morgan fingerprint density at radius 2 is 1.89 bits per heavy atom. The minimum Gasteiger partial charge on any atom is -0.491 e. The molecule has 1 aromatic carbocycles. The van der Waals surface area contributed by atoms with Gasteiger partial charge in [0.25, 0.3) is 0 Å². The first-order chi connectivity index (χ1) is 13.0. The first-order valence-electron chi connectivity index (χ1n) is 8.26. The zero-order valence-corrected chi connectivity index (χ0v) is 15.4. The second kappa shape index (κ2) is 8.24. The zero-order chi connectivity index (χ0) is 19.3. The molecule has 2 aromatic heterocycles. The molecule has 0 unspecified atom stereocenters. The van der Waals surface area contributed by atoms with Crippen LogP contribution in [0.1, 0.15) is 12.5 Å². The van der Waals surface area contributed by atoms with Crippen molar-refractivity contribution < 1.29 is 17.5 Å². The van der Waals surface area contributed by atoms with Gasteiger partial charge in [-0.1, -0.05) is 6.07 Å². The minimum atomic E-state index is -3.88. The van der Waals surface area contributed by atoms with Crippen LogP contribution in [0.25, 0.3) is 11.1 Å². The van der Waals surface area contributed by atoms with Crippen LogP contribution in [0.2, 0.25) is 0 Å². The molecule has 8 heteroatoms. The summed E-state index contributed by atoms with van der Waals surface area (Å²) in [6.07, 6.45) is 6.62. The van der Waals surface area contributed by atoms with Crippen molar-refractivity contribution in [3.63, 3.8) is 0 Å².